The predicted octanol–water partition coefficient (Wildman–Crippen LogP) is 3.49. The van der Waals surface area contributed by atoms with E-state index in [0.29, 0.717) is 6.61 Å². The van der Waals surface area contributed by atoms with Crippen LogP contribution in [0.25, 0.3) is 6.08 Å². The lowest BCUT2D eigenvalue weighted by Crippen LogP contribution is -2.16. The van der Waals surface area contributed by atoms with Gasteiger partial charge in [0, 0.05) is 12.1 Å². The number of hydrogen-bond donors (Lipinski definition) is 1. The lowest BCUT2D eigenvalue weighted by atomic mass is 10.1. The molecular weight excluding hydrogens is 210 g/mol. The Bertz CT molecular complexity index is 358. The molecule has 2 nitrogen and oxygen atoms in total. The highest BCUT2D eigenvalue weighted by Crippen LogP contribution is 2.20. The number of nitrogens with one attached hydrogen (secondary N) is 1. The molecule has 0 unspecified atom stereocenters. The third-order valence-corrected chi connectivity index (χ3v) is 2.45. The minimum atomic E-state index is 0.706. The minimum Gasteiger partial charge on any atom is -0.493 e. The van der Waals surface area contributed by atoms with Gasteiger partial charge in [0.15, 0.2) is 0 Å². The Morgan fingerprint density at radius 2 is 2.06 bits per heavy atom. The Kier molecular flexibility index (Phi) is 6.41. The quantitative estimate of drug-likeness (QED) is 0.728. The zero-order valence-corrected chi connectivity index (χ0v) is 11.1. The molecule has 0 radical (unpaired) electrons. The van der Waals surface area contributed by atoms with Gasteiger partial charge in [0.05, 0.1) is 6.61 Å². The smallest absolute Gasteiger partial charge is 0.126 e. The summed E-state index contributed by atoms with van der Waals surface area (Å²) in [5.74, 6) is 0.963. The van der Waals surface area contributed by atoms with Gasteiger partial charge in [-0.3, -0.25) is 0 Å². The molecule has 1 rings (SSSR count). The molecule has 0 aliphatic heterocycles. The molecule has 0 heterocycles. The van der Waals surface area contributed by atoms with Gasteiger partial charge in [-0.25, -0.2) is 0 Å². The van der Waals surface area contributed by atoms with Crippen LogP contribution in [0.4, 0.5) is 0 Å². The molecule has 1 N–H and O–H groups in total. The summed E-state index contributed by atoms with van der Waals surface area (Å²) in [7, 11) is 0. The van der Waals surface area contributed by atoms with Crippen molar-refractivity contribution in [2.75, 3.05) is 19.7 Å². The van der Waals surface area contributed by atoms with Crippen molar-refractivity contribution in [2.45, 2.75) is 27.2 Å². The number of para-hydroxylation sites is 1. The Hall–Kier alpha value is -1.28. The monoisotopic (exact) mass is 233 g/mol. The number of benzene rings is 1. The molecule has 2 heteroatoms. The molecule has 1 aromatic rings. The standard InChI is InChI=1S/C15H23NO/c1-4-10-16-12-13(3)11-14-8-6-7-9-15(14)17-5-2/h6-9,11,16H,4-5,10,12H2,1-3H3. The molecule has 0 saturated carbocycles. The van der Waals surface area contributed by atoms with E-state index in [9.17, 15) is 0 Å². The molecule has 94 valence electrons. The first kappa shape index (κ1) is 13.8. The molecule has 0 atom stereocenters. The average molecular weight is 233 g/mol. The maximum absolute atomic E-state index is 5.60. The van der Waals surface area contributed by atoms with E-state index in [0.717, 1.165) is 24.4 Å². The second-order valence-electron chi connectivity index (χ2n) is 4.14. The van der Waals surface area contributed by atoms with E-state index in [4.69, 9.17) is 4.74 Å². The average Bonchev–Trinajstić information content (AvgIpc) is 2.32. The maximum Gasteiger partial charge on any atom is 0.126 e. The Labute approximate surface area is 105 Å². The van der Waals surface area contributed by atoms with Crippen molar-refractivity contribution in [2.24, 2.45) is 0 Å². The molecule has 17 heavy (non-hydrogen) atoms. The van der Waals surface area contributed by atoms with Gasteiger partial charge in [0.2, 0.25) is 0 Å². The highest BCUT2D eigenvalue weighted by molar-refractivity contribution is 5.59. The molecule has 0 fully saturated rings. The van der Waals surface area contributed by atoms with Gasteiger partial charge in [-0.2, -0.15) is 0 Å². The van der Waals surface area contributed by atoms with Crippen molar-refractivity contribution in [3.8, 4) is 5.75 Å². The largest absolute Gasteiger partial charge is 0.493 e. The summed E-state index contributed by atoms with van der Waals surface area (Å²) in [6.07, 6.45) is 3.36. The molecule has 0 spiro atoms. The SMILES string of the molecule is CCCNCC(C)=Cc1ccccc1OCC. The summed E-state index contributed by atoms with van der Waals surface area (Å²) in [5, 5.41) is 3.40. The molecule has 0 aliphatic carbocycles. The Balaban J connectivity index is 2.67. The number of ether oxygens (including phenoxy) is 1. The first-order valence-electron chi connectivity index (χ1n) is 6.37. The minimum absolute atomic E-state index is 0.706. The first-order valence-corrected chi connectivity index (χ1v) is 6.37. The molecule has 1 aromatic carbocycles. The van der Waals surface area contributed by atoms with Crippen molar-refractivity contribution in [3.63, 3.8) is 0 Å². The molecule has 0 saturated heterocycles. The van der Waals surface area contributed by atoms with Gasteiger partial charge < -0.3 is 10.1 Å². The van der Waals surface area contributed by atoms with Gasteiger partial charge >= 0.3 is 0 Å². The van der Waals surface area contributed by atoms with Crippen molar-refractivity contribution in [1.29, 1.82) is 0 Å². The van der Waals surface area contributed by atoms with E-state index in [1.54, 1.807) is 0 Å². The molecule has 0 bridgehead atoms. The Morgan fingerprint density at radius 3 is 2.76 bits per heavy atom. The lowest BCUT2D eigenvalue weighted by Gasteiger charge is -2.08. The summed E-state index contributed by atoms with van der Waals surface area (Å²) < 4.78 is 5.60. The summed E-state index contributed by atoms with van der Waals surface area (Å²) in [4.78, 5) is 0. The van der Waals surface area contributed by atoms with Crippen molar-refractivity contribution >= 4 is 6.08 Å². The fourth-order valence-corrected chi connectivity index (χ4v) is 1.67. The van der Waals surface area contributed by atoms with Crippen LogP contribution in [0.2, 0.25) is 0 Å². The van der Waals surface area contributed by atoms with E-state index in [-0.39, 0.29) is 0 Å². The van der Waals surface area contributed by atoms with Gasteiger partial charge in [0.1, 0.15) is 5.75 Å². The third-order valence-electron chi connectivity index (χ3n) is 2.45. The van der Waals surface area contributed by atoms with Crippen LogP contribution >= 0.6 is 0 Å². The van der Waals surface area contributed by atoms with E-state index in [1.165, 1.54) is 12.0 Å². The van der Waals surface area contributed by atoms with Gasteiger partial charge in [0.25, 0.3) is 0 Å². The summed E-state index contributed by atoms with van der Waals surface area (Å²) >= 11 is 0. The topological polar surface area (TPSA) is 21.3 Å². The predicted molar refractivity (Wildman–Crippen MR) is 74.4 cm³/mol. The zero-order chi connectivity index (χ0) is 12.5. The van der Waals surface area contributed by atoms with Crippen molar-refractivity contribution < 1.29 is 4.74 Å². The second-order valence-corrected chi connectivity index (χ2v) is 4.14. The second kappa shape index (κ2) is 7.91. The zero-order valence-electron chi connectivity index (χ0n) is 11.1. The number of hydrogen-bond acceptors (Lipinski definition) is 2. The van der Waals surface area contributed by atoms with E-state index in [1.807, 2.05) is 25.1 Å². The van der Waals surface area contributed by atoms with Gasteiger partial charge in [-0.15, -0.1) is 0 Å². The van der Waals surface area contributed by atoms with E-state index < -0.39 is 0 Å². The van der Waals surface area contributed by atoms with Crippen molar-refractivity contribution in [1.82, 2.24) is 5.32 Å². The van der Waals surface area contributed by atoms with Crippen LogP contribution in [0.5, 0.6) is 5.75 Å². The van der Waals surface area contributed by atoms with Gasteiger partial charge in [-0.05, 0) is 32.9 Å². The summed E-state index contributed by atoms with van der Waals surface area (Å²) in [5.41, 5.74) is 2.48. The lowest BCUT2D eigenvalue weighted by molar-refractivity contribution is 0.339. The van der Waals surface area contributed by atoms with Crippen LogP contribution in [0.3, 0.4) is 0 Å². The van der Waals surface area contributed by atoms with Crippen LogP contribution < -0.4 is 10.1 Å². The number of rotatable bonds is 7. The molecule has 0 aliphatic rings. The van der Waals surface area contributed by atoms with Gasteiger partial charge in [-0.1, -0.05) is 36.8 Å². The first-order chi connectivity index (χ1) is 8.27. The van der Waals surface area contributed by atoms with E-state index in [2.05, 4.69) is 31.3 Å². The summed E-state index contributed by atoms with van der Waals surface area (Å²) in [6.45, 7) is 9.04. The van der Waals surface area contributed by atoms with Crippen LogP contribution in [0.1, 0.15) is 32.8 Å². The Morgan fingerprint density at radius 1 is 1.29 bits per heavy atom. The fourth-order valence-electron chi connectivity index (χ4n) is 1.67. The molecule has 0 amide bonds. The molecule has 0 aromatic heterocycles. The van der Waals surface area contributed by atoms with Crippen LogP contribution in [0, 0.1) is 0 Å². The fraction of sp³-hybridized carbons (Fsp3) is 0.467. The molecular formula is C15H23NO. The van der Waals surface area contributed by atoms with Crippen LogP contribution in [-0.4, -0.2) is 19.7 Å². The van der Waals surface area contributed by atoms with Crippen LogP contribution in [-0.2, 0) is 0 Å². The normalized spacial score (nSPS) is 11.6. The van der Waals surface area contributed by atoms with Crippen molar-refractivity contribution in [3.05, 3.63) is 35.4 Å². The van der Waals surface area contributed by atoms with Crippen LogP contribution in [0.15, 0.2) is 29.8 Å². The maximum atomic E-state index is 5.60. The third kappa shape index (κ3) is 5.05. The van der Waals surface area contributed by atoms with E-state index >= 15 is 0 Å². The summed E-state index contributed by atoms with van der Waals surface area (Å²) in [6, 6.07) is 8.16. The highest BCUT2D eigenvalue weighted by atomic mass is 16.5. The highest BCUT2D eigenvalue weighted by Gasteiger charge is 1.99.